The predicted octanol–water partition coefficient (Wildman–Crippen LogP) is 8.57. The van der Waals surface area contributed by atoms with Gasteiger partial charge in [-0.2, -0.15) is 0 Å². The van der Waals surface area contributed by atoms with Gasteiger partial charge in [0.15, 0.2) is 0 Å². The van der Waals surface area contributed by atoms with Crippen molar-refractivity contribution in [1.29, 1.82) is 0 Å². The maximum Gasteiger partial charge on any atom is 0.0309 e. The monoisotopic (exact) mass is 380 g/mol. The van der Waals surface area contributed by atoms with E-state index in [1.807, 2.05) is 0 Å². The molecule has 0 nitrogen and oxygen atoms in total. The van der Waals surface area contributed by atoms with Crippen molar-refractivity contribution in [1.82, 2.24) is 0 Å². The molecule has 0 amide bonds. The second kappa shape index (κ2) is 14.7. The van der Waals surface area contributed by atoms with E-state index in [0.29, 0.717) is 0 Å². The van der Waals surface area contributed by atoms with E-state index in [4.69, 9.17) is 0 Å². The molecule has 0 fully saturated rings. The van der Waals surface area contributed by atoms with Crippen LogP contribution in [0.4, 0.5) is 0 Å². The Hall–Kier alpha value is -1.22. The molecule has 1 aromatic carbocycles. The SMILES string of the molecule is CCCCC#Cc1c(CCCC)cc2cc1CCCCCCCCCCCC2. The third-order valence-corrected chi connectivity index (χ3v) is 6.19. The van der Waals surface area contributed by atoms with E-state index in [2.05, 4.69) is 37.8 Å². The number of rotatable bonds is 5. The molecule has 1 aliphatic rings. The fourth-order valence-electron chi connectivity index (χ4n) is 4.38. The molecule has 0 heteroatoms. The Labute approximate surface area is 175 Å². The molecule has 0 aromatic heterocycles. The Kier molecular flexibility index (Phi) is 12.1. The first kappa shape index (κ1) is 23.1. The molecule has 1 aromatic rings. The number of benzene rings is 1. The van der Waals surface area contributed by atoms with E-state index < -0.39 is 0 Å². The zero-order valence-corrected chi connectivity index (χ0v) is 18.9. The highest BCUT2D eigenvalue weighted by molar-refractivity contribution is 5.50. The van der Waals surface area contributed by atoms with Crippen molar-refractivity contribution in [2.45, 2.75) is 129 Å². The molecule has 0 heterocycles. The molecule has 2 rings (SSSR count). The third-order valence-electron chi connectivity index (χ3n) is 6.19. The zero-order valence-electron chi connectivity index (χ0n) is 18.9. The van der Waals surface area contributed by atoms with Crippen molar-refractivity contribution in [2.75, 3.05) is 0 Å². The van der Waals surface area contributed by atoms with Gasteiger partial charge in [-0.3, -0.25) is 0 Å². The molecule has 1 aliphatic carbocycles. The van der Waals surface area contributed by atoms with Crippen molar-refractivity contribution >= 4 is 0 Å². The Balaban J connectivity index is 2.24. The van der Waals surface area contributed by atoms with Crippen LogP contribution in [0.3, 0.4) is 0 Å². The summed E-state index contributed by atoms with van der Waals surface area (Å²) in [5.74, 6) is 7.13. The van der Waals surface area contributed by atoms with Gasteiger partial charge in [-0.25, -0.2) is 0 Å². The molecule has 0 radical (unpaired) electrons. The molecule has 0 spiro atoms. The number of unbranched alkanes of at least 4 members (excludes halogenated alkanes) is 3. The molecule has 0 aliphatic heterocycles. The largest absolute Gasteiger partial charge is 0.0979 e. The van der Waals surface area contributed by atoms with Gasteiger partial charge in [0.2, 0.25) is 0 Å². The van der Waals surface area contributed by atoms with Crippen LogP contribution in [0.5, 0.6) is 0 Å². The van der Waals surface area contributed by atoms with Gasteiger partial charge in [0.25, 0.3) is 0 Å². The summed E-state index contributed by atoms with van der Waals surface area (Å²) in [7, 11) is 0. The minimum atomic E-state index is 1.05. The number of hydrogen-bond donors (Lipinski definition) is 0. The van der Waals surface area contributed by atoms with Gasteiger partial charge in [-0.1, -0.05) is 102 Å². The lowest BCUT2D eigenvalue weighted by atomic mass is 9.90. The minimum absolute atomic E-state index is 1.05. The van der Waals surface area contributed by atoms with E-state index in [1.165, 1.54) is 115 Å². The Bertz CT molecular complexity index is 598. The van der Waals surface area contributed by atoms with E-state index in [9.17, 15) is 0 Å². The van der Waals surface area contributed by atoms with Crippen molar-refractivity contribution in [3.05, 3.63) is 34.4 Å². The van der Waals surface area contributed by atoms with Gasteiger partial charge < -0.3 is 0 Å². The first-order valence-corrected chi connectivity index (χ1v) is 12.5. The van der Waals surface area contributed by atoms with E-state index >= 15 is 0 Å². The molecular weight excluding hydrogens is 336 g/mol. The summed E-state index contributed by atoms with van der Waals surface area (Å²) >= 11 is 0. The van der Waals surface area contributed by atoms with Crippen LogP contribution in [0.15, 0.2) is 12.1 Å². The van der Waals surface area contributed by atoms with Crippen molar-refractivity contribution in [3.8, 4) is 11.8 Å². The number of fused-ring (bicyclic) bond motifs is 2. The third kappa shape index (κ3) is 8.86. The molecule has 28 heavy (non-hydrogen) atoms. The molecule has 0 saturated heterocycles. The van der Waals surface area contributed by atoms with Crippen LogP contribution in [0.1, 0.15) is 132 Å². The topological polar surface area (TPSA) is 0 Å². The summed E-state index contributed by atoms with van der Waals surface area (Å²) in [5.41, 5.74) is 6.08. The van der Waals surface area contributed by atoms with Crippen molar-refractivity contribution in [3.63, 3.8) is 0 Å². The maximum atomic E-state index is 3.63. The van der Waals surface area contributed by atoms with E-state index in [0.717, 1.165) is 6.42 Å². The zero-order chi connectivity index (χ0) is 19.9. The lowest BCUT2D eigenvalue weighted by molar-refractivity contribution is 0.553. The highest BCUT2D eigenvalue weighted by Crippen LogP contribution is 2.24. The van der Waals surface area contributed by atoms with Gasteiger partial charge in [-0.05, 0) is 61.6 Å². The highest BCUT2D eigenvalue weighted by Gasteiger charge is 2.10. The van der Waals surface area contributed by atoms with Crippen LogP contribution in [-0.2, 0) is 19.3 Å². The average Bonchev–Trinajstić information content (AvgIpc) is 2.71. The number of hydrogen-bond acceptors (Lipinski definition) is 0. The van der Waals surface area contributed by atoms with E-state index in [-0.39, 0.29) is 0 Å². The second-order valence-electron chi connectivity index (χ2n) is 8.83. The summed E-state index contributed by atoms with van der Waals surface area (Å²) in [6.45, 7) is 4.56. The molecule has 2 bridgehead atoms. The van der Waals surface area contributed by atoms with Crippen LogP contribution in [-0.4, -0.2) is 0 Å². The molecule has 0 atom stereocenters. The number of aryl methyl sites for hydroxylation is 3. The van der Waals surface area contributed by atoms with Crippen LogP contribution < -0.4 is 0 Å². The average molecular weight is 381 g/mol. The predicted molar refractivity (Wildman–Crippen MR) is 125 cm³/mol. The lowest BCUT2D eigenvalue weighted by Gasteiger charge is -2.14. The van der Waals surface area contributed by atoms with Crippen molar-refractivity contribution < 1.29 is 0 Å². The first-order valence-electron chi connectivity index (χ1n) is 12.5. The molecule has 156 valence electrons. The van der Waals surface area contributed by atoms with Crippen LogP contribution in [0.25, 0.3) is 0 Å². The summed E-state index contributed by atoms with van der Waals surface area (Å²) in [5, 5.41) is 0. The Morgan fingerprint density at radius 2 is 1.32 bits per heavy atom. The van der Waals surface area contributed by atoms with Gasteiger partial charge in [0, 0.05) is 12.0 Å². The Morgan fingerprint density at radius 3 is 1.96 bits per heavy atom. The fourth-order valence-corrected chi connectivity index (χ4v) is 4.38. The van der Waals surface area contributed by atoms with Crippen LogP contribution >= 0.6 is 0 Å². The van der Waals surface area contributed by atoms with Crippen LogP contribution in [0, 0.1) is 11.8 Å². The summed E-state index contributed by atoms with van der Waals surface area (Å²) < 4.78 is 0. The van der Waals surface area contributed by atoms with E-state index in [1.54, 1.807) is 16.7 Å². The quantitative estimate of drug-likeness (QED) is 0.354. The summed E-state index contributed by atoms with van der Waals surface area (Å²) in [6.07, 6.45) is 23.9. The molecular formula is C28H44. The summed E-state index contributed by atoms with van der Waals surface area (Å²) in [6, 6.07) is 5.04. The lowest BCUT2D eigenvalue weighted by Crippen LogP contribution is -2.01. The minimum Gasteiger partial charge on any atom is -0.0979 e. The fraction of sp³-hybridized carbons (Fsp3) is 0.714. The van der Waals surface area contributed by atoms with Gasteiger partial charge in [-0.15, -0.1) is 0 Å². The molecule has 0 N–H and O–H groups in total. The standard InChI is InChI=1S/C28H44/c1-3-5-7-18-22-28-26(20-6-4-2)23-25-19-16-14-12-10-8-9-11-13-15-17-21-27(28)24-25/h23-24H,3-17,19-21H2,1-2H3. The molecule has 0 saturated carbocycles. The van der Waals surface area contributed by atoms with Gasteiger partial charge >= 0.3 is 0 Å². The Morgan fingerprint density at radius 1 is 0.714 bits per heavy atom. The van der Waals surface area contributed by atoms with Crippen LogP contribution in [0.2, 0.25) is 0 Å². The smallest absolute Gasteiger partial charge is 0.0309 e. The first-order chi connectivity index (χ1) is 13.8. The normalized spacial score (nSPS) is 16.5. The maximum absolute atomic E-state index is 3.63. The second-order valence-corrected chi connectivity index (χ2v) is 8.83. The summed E-state index contributed by atoms with van der Waals surface area (Å²) in [4.78, 5) is 0. The van der Waals surface area contributed by atoms with Gasteiger partial charge in [0.1, 0.15) is 0 Å². The van der Waals surface area contributed by atoms with Crippen molar-refractivity contribution in [2.24, 2.45) is 0 Å². The highest BCUT2D eigenvalue weighted by atomic mass is 14.1. The van der Waals surface area contributed by atoms with Gasteiger partial charge in [0.05, 0.1) is 0 Å². The molecule has 0 unspecified atom stereocenters.